The van der Waals surface area contributed by atoms with Crippen LogP contribution in [-0.2, 0) is 13.0 Å². The van der Waals surface area contributed by atoms with Crippen LogP contribution >= 0.6 is 0 Å². The third-order valence-corrected chi connectivity index (χ3v) is 6.18. The van der Waals surface area contributed by atoms with Gasteiger partial charge in [0.25, 0.3) is 0 Å². The Morgan fingerprint density at radius 3 is 2.67 bits per heavy atom. The standard InChI is InChI=1S/C24H31FN4O/c25-22-6-8-23(9-7-22)29-15-10-19(17-29)16-27-24(30)26-12-3-13-28-14-11-20-4-1-2-5-21(20)18-28/h1-2,4-9,19H,3,10-18H2,(H2,26,27,30). The number of carbonyl (C=O) groups is 1. The highest BCUT2D eigenvalue weighted by atomic mass is 19.1. The molecule has 160 valence electrons. The van der Waals surface area contributed by atoms with Crippen molar-refractivity contribution in [2.45, 2.75) is 25.8 Å². The van der Waals surface area contributed by atoms with Crippen molar-refractivity contribution in [1.82, 2.24) is 15.5 Å². The molecule has 2 aliphatic rings. The molecule has 1 atom stereocenters. The zero-order chi connectivity index (χ0) is 20.8. The molecule has 0 aromatic heterocycles. The highest BCUT2D eigenvalue weighted by Gasteiger charge is 2.23. The first-order valence-electron chi connectivity index (χ1n) is 11.0. The van der Waals surface area contributed by atoms with Crippen molar-refractivity contribution in [3.05, 3.63) is 65.5 Å². The highest BCUT2D eigenvalue weighted by molar-refractivity contribution is 5.73. The van der Waals surface area contributed by atoms with Crippen molar-refractivity contribution in [3.63, 3.8) is 0 Å². The van der Waals surface area contributed by atoms with E-state index in [1.54, 1.807) is 0 Å². The van der Waals surface area contributed by atoms with E-state index in [-0.39, 0.29) is 11.8 Å². The fraction of sp³-hybridized carbons (Fsp3) is 0.458. The van der Waals surface area contributed by atoms with Gasteiger partial charge in [0.05, 0.1) is 0 Å². The van der Waals surface area contributed by atoms with Crippen LogP contribution in [-0.4, -0.2) is 50.2 Å². The molecule has 0 spiro atoms. The van der Waals surface area contributed by atoms with E-state index in [2.05, 4.69) is 44.7 Å². The van der Waals surface area contributed by atoms with E-state index in [0.29, 0.717) is 19.0 Å². The van der Waals surface area contributed by atoms with Crippen molar-refractivity contribution in [3.8, 4) is 0 Å². The maximum atomic E-state index is 13.1. The molecule has 0 radical (unpaired) electrons. The largest absolute Gasteiger partial charge is 0.371 e. The van der Waals surface area contributed by atoms with Crippen LogP contribution in [0, 0.1) is 11.7 Å². The summed E-state index contributed by atoms with van der Waals surface area (Å²) in [5.41, 5.74) is 3.94. The number of urea groups is 1. The number of benzene rings is 2. The molecule has 2 aromatic rings. The van der Waals surface area contributed by atoms with Crippen LogP contribution in [0.1, 0.15) is 24.0 Å². The van der Waals surface area contributed by atoms with Gasteiger partial charge in [-0.3, -0.25) is 4.90 Å². The summed E-state index contributed by atoms with van der Waals surface area (Å²) in [7, 11) is 0. The molecule has 1 unspecified atom stereocenters. The van der Waals surface area contributed by atoms with Gasteiger partial charge in [0.2, 0.25) is 0 Å². The van der Waals surface area contributed by atoms with Gasteiger partial charge >= 0.3 is 6.03 Å². The van der Waals surface area contributed by atoms with Crippen LogP contribution < -0.4 is 15.5 Å². The van der Waals surface area contributed by atoms with Crippen molar-refractivity contribution in [1.29, 1.82) is 0 Å². The molecule has 2 amide bonds. The number of nitrogens with zero attached hydrogens (tertiary/aromatic N) is 2. The molecule has 2 N–H and O–H groups in total. The first-order valence-corrected chi connectivity index (χ1v) is 11.0. The lowest BCUT2D eigenvalue weighted by atomic mass is 10.00. The number of hydrogen-bond acceptors (Lipinski definition) is 3. The summed E-state index contributed by atoms with van der Waals surface area (Å²) in [4.78, 5) is 16.8. The first-order chi connectivity index (χ1) is 14.7. The van der Waals surface area contributed by atoms with Crippen LogP contribution in [0.2, 0.25) is 0 Å². The Morgan fingerprint density at radius 2 is 1.83 bits per heavy atom. The number of fused-ring (bicyclic) bond motifs is 1. The number of hydrogen-bond donors (Lipinski definition) is 2. The molecule has 4 rings (SSSR count). The molecule has 2 heterocycles. The summed E-state index contributed by atoms with van der Waals surface area (Å²) >= 11 is 0. The Morgan fingerprint density at radius 1 is 1.03 bits per heavy atom. The lowest BCUT2D eigenvalue weighted by Crippen LogP contribution is -2.40. The lowest BCUT2D eigenvalue weighted by molar-refractivity contribution is 0.233. The Labute approximate surface area is 178 Å². The zero-order valence-electron chi connectivity index (χ0n) is 17.4. The zero-order valence-corrected chi connectivity index (χ0v) is 17.4. The van der Waals surface area contributed by atoms with E-state index >= 15 is 0 Å². The molecule has 0 saturated carbocycles. The number of carbonyl (C=O) groups excluding carboxylic acids is 1. The number of halogens is 1. The maximum Gasteiger partial charge on any atom is 0.314 e. The average molecular weight is 411 g/mol. The molecule has 6 heteroatoms. The third kappa shape index (κ3) is 5.51. The fourth-order valence-corrected chi connectivity index (χ4v) is 4.43. The Balaban J connectivity index is 1.09. The monoisotopic (exact) mass is 410 g/mol. The van der Waals surface area contributed by atoms with Gasteiger partial charge in [-0.15, -0.1) is 0 Å². The summed E-state index contributed by atoms with van der Waals surface area (Å²) in [6.45, 7) is 6.30. The average Bonchev–Trinajstić information content (AvgIpc) is 3.25. The number of amides is 2. The molecule has 2 aliphatic heterocycles. The summed E-state index contributed by atoms with van der Waals surface area (Å²) in [5, 5.41) is 5.99. The molecule has 1 saturated heterocycles. The van der Waals surface area contributed by atoms with Gasteiger partial charge in [0.1, 0.15) is 5.82 Å². The predicted octanol–water partition coefficient (Wildman–Crippen LogP) is 3.40. The molecule has 2 aromatic carbocycles. The van der Waals surface area contributed by atoms with Crippen molar-refractivity contribution in [2.75, 3.05) is 44.2 Å². The van der Waals surface area contributed by atoms with E-state index in [0.717, 1.165) is 57.7 Å². The summed E-state index contributed by atoms with van der Waals surface area (Å²) in [6.07, 6.45) is 3.10. The van der Waals surface area contributed by atoms with Gasteiger partial charge in [-0.25, -0.2) is 9.18 Å². The fourth-order valence-electron chi connectivity index (χ4n) is 4.43. The number of rotatable bonds is 7. The maximum absolute atomic E-state index is 13.1. The first kappa shape index (κ1) is 20.7. The van der Waals surface area contributed by atoms with Crippen LogP contribution in [0.3, 0.4) is 0 Å². The van der Waals surface area contributed by atoms with E-state index in [4.69, 9.17) is 0 Å². The molecule has 1 fully saturated rings. The van der Waals surface area contributed by atoms with E-state index in [1.165, 1.54) is 23.3 Å². The van der Waals surface area contributed by atoms with Gasteiger partial charge < -0.3 is 15.5 Å². The smallest absolute Gasteiger partial charge is 0.314 e. The van der Waals surface area contributed by atoms with Crippen LogP contribution in [0.25, 0.3) is 0 Å². The molecule has 30 heavy (non-hydrogen) atoms. The third-order valence-electron chi connectivity index (χ3n) is 6.18. The van der Waals surface area contributed by atoms with Crippen molar-refractivity contribution < 1.29 is 9.18 Å². The van der Waals surface area contributed by atoms with Gasteiger partial charge in [0, 0.05) is 51.5 Å². The predicted molar refractivity (Wildman–Crippen MR) is 118 cm³/mol. The van der Waals surface area contributed by atoms with Crippen molar-refractivity contribution >= 4 is 11.7 Å². The van der Waals surface area contributed by atoms with Gasteiger partial charge in [-0.1, -0.05) is 24.3 Å². The Bertz CT molecular complexity index is 841. The van der Waals surface area contributed by atoms with Crippen molar-refractivity contribution in [2.24, 2.45) is 5.92 Å². The van der Waals surface area contributed by atoms with E-state index in [9.17, 15) is 9.18 Å². The van der Waals surface area contributed by atoms with Crippen LogP contribution in [0.15, 0.2) is 48.5 Å². The molecular weight excluding hydrogens is 379 g/mol. The van der Waals surface area contributed by atoms with Gasteiger partial charge in [-0.05, 0) is 60.6 Å². The van der Waals surface area contributed by atoms with E-state index < -0.39 is 0 Å². The SMILES string of the molecule is O=C(NCCCN1CCc2ccccc2C1)NCC1CCN(c2ccc(F)cc2)C1. The molecular formula is C24H31FN4O. The number of nitrogens with one attached hydrogen (secondary N) is 2. The van der Waals surface area contributed by atoms with Crippen LogP contribution in [0.4, 0.5) is 14.9 Å². The highest BCUT2D eigenvalue weighted by Crippen LogP contribution is 2.23. The topological polar surface area (TPSA) is 47.6 Å². The minimum atomic E-state index is -0.210. The Hall–Kier alpha value is -2.60. The summed E-state index contributed by atoms with van der Waals surface area (Å²) in [6, 6.07) is 15.2. The quantitative estimate of drug-likeness (QED) is 0.688. The Kier molecular flexibility index (Phi) is 6.84. The summed E-state index contributed by atoms with van der Waals surface area (Å²) in [5.74, 6) is 0.215. The summed E-state index contributed by atoms with van der Waals surface area (Å²) < 4.78 is 13.1. The molecule has 5 nitrogen and oxygen atoms in total. The normalized spacial score (nSPS) is 18.8. The van der Waals surface area contributed by atoms with Gasteiger partial charge in [-0.2, -0.15) is 0 Å². The molecule has 0 bridgehead atoms. The molecule has 0 aliphatic carbocycles. The number of anilines is 1. The van der Waals surface area contributed by atoms with Crippen LogP contribution in [0.5, 0.6) is 0 Å². The second kappa shape index (κ2) is 9.94. The van der Waals surface area contributed by atoms with E-state index in [1.807, 2.05) is 12.1 Å². The lowest BCUT2D eigenvalue weighted by Gasteiger charge is -2.28. The minimum Gasteiger partial charge on any atom is -0.371 e. The minimum absolute atomic E-state index is 0.0841. The second-order valence-corrected chi connectivity index (χ2v) is 8.36. The second-order valence-electron chi connectivity index (χ2n) is 8.36. The van der Waals surface area contributed by atoms with Gasteiger partial charge in [0.15, 0.2) is 0 Å².